The molecule has 1 saturated carbocycles. The summed E-state index contributed by atoms with van der Waals surface area (Å²) >= 11 is 0. The molecular formula is C23H38N4O4+2. The molecule has 1 aromatic rings. The Balaban J connectivity index is 1.45. The van der Waals surface area contributed by atoms with Crippen LogP contribution in [0.3, 0.4) is 0 Å². The highest BCUT2D eigenvalue weighted by Crippen LogP contribution is 2.25. The lowest BCUT2D eigenvalue weighted by molar-refractivity contribution is -0.960. The molecule has 4 N–H and O–H groups in total. The monoisotopic (exact) mass is 434 g/mol. The number of nitrogens with one attached hydrogen (secondary N) is 4. The minimum atomic E-state index is -0.125. The SMILES string of the molecule is COc1cccc(NC(=O)C[NH+](C)CC(=O)NCC2([NH+]3CCOCC3)CCCCC2)c1. The molecule has 2 amide bonds. The number of amides is 2. The van der Waals surface area contributed by atoms with E-state index in [-0.39, 0.29) is 30.4 Å². The predicted molar refractivity (Wildman–Crippen MR) is 119 cm³/mol. The van der Waals surface area contributed by atoms with Crippen LogP contribution in [-0.2, 0) is 14.3 Å². The first-order valence-electron chi connectivity index (χ1n) is 11.5. The second kappa shape index (κ2) is 11.5. The van der Waals surface area contributed by atoms with Gasteiger partial charge < -0.3 is 29.9 Å². The van der Waals surface area contributed by atoms with Crippen molar-refractivity contribution in [2.24, 2.45) is 0 Å². The van der Waals surface area contributed by atoms with E-state index in [2.05, 4.69) is 10.6 Å². The molecule has 1 unspecified atom stereocenters. The van der Waals surface area contributed by atoms with Crippen LogP contribution in [-0.4, -0.2) is 77.4 Å². The molecular weight excluding hydrogens is 396 g/mol. The Kier molecular flexibility index (Phi) is 8.69. The van der Waals surface area contributed by atoms with Gasteiger partial charge in [-0.25, -0.2) is 0 Å². The first kappa shape index (κ1) is 23.5. The molecule has 0 bridgehead atoms. The summed E-state index contributed by atoms with van der Waals surface area (Å²) in [4.78, 5) is 27.4. The van der Waals surface area contributed by atoms with Crippen molar-refractivity contribution in [3.63, 3.8) is 0 Å². The Labute approximate surface area is 185 Å². The average Bonchev–Trinajstić information content (AvgIpc) is 2.79. The Bertz CT molecular complexity index is 730. The number of benzene rings is 1. The smallest absolute Gasteiger partial charge is 0.279 e. The molecule has 2 fully saturated rings. The lowest BCUT2D eigenvalue weighted by Crippen LogP contribution is -3.23. The summed E-state index contributed by atoms with van der Waals surface area (Å²) < 4.78 is 10.7. The number of hydrogen-bond acceptors (Lipinski definition) is 4. The molecule has 172 valence electrons. The number of likely N-dealkylation sites (N-methyl/N-ethyl adjacent to an activating group) is 1. The van der Waals surface area contributed by atoms with Crippen LogP contribution in [0.2, 0.25) is 0 Å². The maximum Gasteiger partial charge on any atom is 0.279 e. The van der Waals surface area contributed by atoms with Crippen LogP contribution in [0.5, 0.6) is 5.75 Å². The van der Waals surface area contributed by atoms with Crippen LogP contribution in [0.25, 0.3) is 0 Å². The molecule has 0 radical (unpaired) electrons. The van der Waals surface area contributed by atoms with E-state index in [9.17, 15) is 9.59 Å². The van der Waals surface area contributed by atoms with E-state index in [1.165, 1.54) is 19.3 Å². The molecule has 1 aliphatic carbocycles. The molecule has 1 aromatic carbocycles. The number of quaternary nitrogens is 2. The second-order valence-corrected chi connectivity index (χ2v) is 8.92. The zero-order chi connectivity index (χ0) is 22.1. The molecule has 1 saturated heterocycles. The zero-order valence-electron chi connectivity index (χ0n) is 18.9. The third kappa shape index (κ3) is 6.92. The van der Waals surface area contributed by atoms with E-state index >= 15 is 0 Å². The van der Waals surface area contributed by atoms with Crippen molar-refractivity contribution >= 4 is 17.5 Å². The topological polar surface area (TPSA) is 85.5 Å². The summed E-state index contributed by atoms with van der Waals surface area (Å²) in [5.41, 5.74) is 0.823. The fourth-order valence-corrected chi connectivity index (χ4v) is 4.88. The second-order valence-electron chi connectivity index (χ2n) is 8.92. The molecule has 2 aliphatic rings. The minimum Gasteiger partial charge on any atom is -0.497 e. The van der Waals surface area contributed by atoms with Gasteiger partial charge in [-0.3, -0.25) is 9.59 Å². The highest BCUT2D eigenvalue weighted by Gasteiger charge is 2.42. The molecule has 1 heterocycles. The summed E-state index contributed by atoms with van der Waals surface area (Å²) in [5, 5.41) is 6.06. The molecule has 0 aromatic heterocycles. The van der Waals surface area contributed by atoms with Crippen LogP contribution in [0.1, 0.15) is 32.1 Å². The Morgan fingerprint density at radius 3 is 2.55 bits per heavy atom. The summed E-state index contributed by atoms with van der Waals surface area (Å²) in [6.45, 7) is 4.87. The standard InChI is InChI=1S/C23H36N4O4/c1-26(17-22(29)25-19-7-6-8-20(15-19)30-2)16-21(28)24-18-23(9-4-3-5-10-23)27-11-13-31-14-12-27/h6-8,15H,3-5,9-14,16-18H2,1-2H3,(H,24,28)(H,25,29)/p+2. The molecule has 3 rings (SSSR count). The van der Waals surface area contributed by atoms with Crippen molar-refractivity contribution in [2.75, 3.05) is 65.4 Å². The molecule has 1 aliphatic heterocycles. The number of methoxy groups -OCH3 is 1. The molecule has 31 heavy (non-hydrogen) atoms. The number of carbonyl (C=O) groups excluding carboxylic acids is 2. The van der Waals surface area contributed by atoms with Crippen LogP contribution in [0, 0.1) is 0 Å². The number of carbonyl (C=O) groups is 2. The molecule has 8 nitrogen and oxygen atoms in total. The number of rotatable bonds is 9. The number of hydrogen-bond donors (Lipinski definition) is 4. The van der Waals surface area contributed by atoms with Gasteiger partial charge in [0, 0.05) is 24.6 Å². The fraction of sp³-hybridized carbons (Fsp3) is 0.652. The van der Waals surface area contributed by atoms with E-state index in [0.29, 0.717) is 18.0 Å². The van der Waals surface area contributed by atoms with E-state index in [1.807, 2.05) is 25.2 Å². The number of morpholine rings is 1. The van der Waals surface area contributed by atoms with E-state index in [0.717, 1.165) is 44.0 Å². The average molecular weight is 435 g/mol. The van der Waals surface area contributed by atoms with Gasteiger partial charge in [0.2, 0.25) is 0 Å². The lowest BCUT2D eigenvalue weighted by Gasteiger charge is -2.45. The fourth-order valence-electron chi connectivity index (χ4n) is 4.88. The third-order valence-electron chi connectivity index (χ3n) is 6.56. The van der Waals surface area contributed by atoms with Gasteiger partial charge in [-0.05, 0) is 25.0 Å². The summed E-state index contributed by atoms with van der Waals surface area (Å²) in [5.74, 6) is 0.571. The van der Waals surface area contributed by atoms with Crippen molar-refractivity contribution < 1.29 is 28.9 Å². The predicted octanol–water partition coefficient (Wildman–Crippen LogP) is -1.12. The Hall–Kier alpha value is -2.16. The van der Waals surface area contributed by atoms with E-state index < -0.39 is 0 Å². The van der Waals surface area contributed by atoms with Gasteiger partial charge in [0.1, 0.15) is 24.4 Å². The Morgan fingerprint density at radius 1 is 1.13 bits per heavy atom. The van der Waals surface area contributed by atoms with Crippen LogP contribution in [0.15, 0.2) is 24.3 Å². The highest BCUT2D eigenvalue weighted by atomic mass is 16.5. The van der Waals surface area contributed by atoms with Crippen molar-refractivity contribution in [3.05, 3.63) is 24.3 Å². The van der Waals surface area contributed by atoms with E-state index in [4.69, 9.17) is 9.47 Å². The first-order valence-corrected chi connectivity index (χ1v) is 11.5. The van der Waals surface area contributed by atoms with Gasteiger partial charge in [0.25, 0.3) is 11.8 Å². The molecule has 1 atom stereocenters. The quantitative estimate of drug-likeness (QED) is 0.397. The van der Waals surface area contributed by atoms with Crippen molar-refractivity contribution in [1.29, 1.82) is 0 Å². The Morgan fingerprint density at radius 2 is 1.84 bits per heavy atom. The van der Waals surface area contributed by atoms with Gasteiger partial charge in [-0.2, -0.15) is 0 Å². The van der Waals surface area contributed by atoms with Crippen molar-refractivity contribution in [1.82, 2.24) is 5.32 Å². The summed E-state index contributed by atoms with van der Waals surface area (Å²) in [6, 6.07) is 7.25. The zero-order valence-corrected chi connectivity index (χ0v) is 18.9. The lowest BCUT2D eigenvalue weighted by atomic mass is 9.79. The highest BCUT2D eigenvalue weighted by molar-refractivity contribution is 5.91. The first-order chi connectivity index (χ1) is 15.0. The normalized spacial score (nSPS) is 19.9. The maximum absolute atomic E-state index is 12.6. The van der Waals surface area contributed by atoms with Crippen LogP contribution in [0.4, 0.5) is 5.69 Å². The van der Waals surface area contributed by atoms with Gasteiger partial charge >= 0.3 is 0 Å². The van der Waals surface area contributed by atoms with Gasteiger partial charge in [0.05, 0.1) is 33.9 Å². The minimum absolute atomic E-state index is 0.00397. The molecule has 8 heteroatoms. The summed E-state index contributed by atoms with van der Waals surface area (Å²) in [6.07, 6.45) is 6.07. The van der Waals surface area contributed by atoms with E-state index in [1.54, 1.807) is 18.1 Å². The molecule has 0 spiro atoms. The largest absolute Gasteiger partial charge is 0.497 e. The summed E-state index contributed by atoms with van der Waals surface area (Å²) in [7, 11) is 3.46. The third-order valence-corrected chi connectivity index (χ3v) is 6.56. The van der Waals surface area contributed by atoms with Gasteiger partial charge in [0.15, 0.2) is 13.1 Å². The number of anilines is 1. The maximum atomic E-state index is 12.6. The van der Waals surface area contributed by atoms with Crippen LogP contribution < -0.4 is 25.2 Å². The van der Waals surface area contributed by atoms with Crippen LogP contribution >= 0.6 is 0 Å². The number of ether oxygens (including phenoxy) is 2. The van der Waals surface area contributed by atoms with Gasteiger partial charge in [-0.1, -0.05) is 12.5 Å². The van der Waals surface area contributed by atoms with Crippen molar-refractivity contribution in [2.45, 2.75) is 37.6 Å². The van der Waals surface area contributed by atoms with Gasteiger partial charge in [-0.15, -0.1) is 0 Å². The van der Waals surface area contributed by atoms with Crippen molar-refractivity contribution in [3.8, 4) is 5.75 Å².